The van der Waals surface area contributed by atoms with E-state index in [-0.39, 0.29) is 5.91 Å². The number of nitrogens with one attached hydrogen (secondary N) is 1. The number of nitrogens with zero attached hydrogens (tertiary/aromatic N) is 3. The molecule has 0 aliphatic heterocycles. The second-order valence-corrected chi connectivity index (χ2v) is 6.47. The van der Waals surface area contributed by atoms with E-state index in [4.69, 9.17) is 0 Å². The van der Waals surface area contributed by atoms with E-state index in [0.717, 1.165) is 21.5 Å². The second kappa shape index (κ2) is 6.57. The van der Waals surface area contributed by atoms with Crippen LogP contribution in [0.4, 0.5) is 5.13 Å². The minimum absolute atomic E-state index is 0.260. The number of anilines is 1. The van der Waals surface area contributed by atoms with Crippen molar-refractivity contribution in [3.05, 3.63) is 26.9 Å². The van der Waals surface area contributed by atoms with Crippen LogP contribution in [0.5, 0.6) is 0 Å². The summed E-state index contributed by atoms with van der Waals surface area (Å²) in [4.78, 5) is 28.4. The molecule has 0 saturated carbocycles. The Morgan fingerprint density at radius 1 is 1.45 bits per heavy atom. The molecule has 2 aromatic rings. The highest BCUT2D eigenvalue weighted by Crippen LogP contribution is 2.25. The lowest BCUT2D eigenvalue weighted by atomic mass is 10.3. The van der Waals surface area contributed by atoms with E-state index >= 15 is 0 Å². The summed E-state index contributed by atoms with van der Waals surface area (Å²) in [6.07, 6.45) is 1.64. The third kappa shape index (κ3) is 3.20. The molecule has 0 saturated heterocycles. The molecule has 0 unspecified atom stereocenters. The van der Waals surface area contributed by atoms with Crippen LogP contribution in [0.1, 0.15) is 34.0 Å². The highest BCUT2D eigenvalue weighted by Gasteiger charge is 2.22. The predicted molar refractivity (Wildman–Crippen MR) is 86.2 cm³/mol. The molecule has 0 spiro atoms. The van der Waals surface area contributed by atoms with Crippen molar-refractivity contribution in [1.29, 1.82) is 0 Å². The van der Waals surface area contributed by atoms with Gasteiger partial charge in [0.15, 0.2) is 5.13 Å². The van der Waals surface area contributed by atoms with Crippen LogP contribution >= 0.6 is 27.3 Å². The number of ether oxygens (including phenoxy) is 1. The minimum Gasteiger partial charge on any atom is -0.465 e. The molecule has 9 heteroatoms. The Balaban J connectivity index is 2.15. The molecule has 0 radical (unpaired) electrons. The number of methoxy groups -OCH3 is 1. The van der Waals surface area contributed by atoms with Crippen LogP contribution in [0.3, 0.4) is 0 Å². The van der Waals surface area contributed by atoms with Crippen LogP contribution in [0.2, 0.25) is 0 Å². The van der Waals surface area contributed by atoms with Gasteiger partial charge in [-0.2, -0.15) is 5.10 Å². The van der Waals surface area contributed by atoms with Crippen LogP contribution < -0.4 is 5.32 Å². The summed E-state index contributed by atoms with van der Waals surface area (Å²) in [5.74, 6) is -0.723. The van der Waals surface area contributed by atoms with E-state index in [9.17, 15) is 9.59 Å². The van der Waals surface area contributed by atoms with Crippen LogP contribution in [0.25, 0.3) is 0 Å². The zero-order chi connectivity index (χ0) is 16.4. The molecule has 0 aliphatic carbocycles. The average molecular weight is 387 g/mol. The highest BCUT2D eigenvalue weighted by atomic mass is 79.9. The molecule has 1 amide bonds. The molecule has 1 atom stereocenters. The van der Waals surface area contributed by atoms with E-state index in [1.165, 1.54) is 7.11 Å². The molecule has 2 rings (SSSR count). The quantitative estimate of drug-likeness (QED) is 0.816. The number of esters is 1. The number of rotatable bonds is 4. The van der Waals surface area contributed by atoms with Crippen molar-refractivity contribution in [2.24, 2.45) is 0 Å². The van der Waals surface area contributed by atoms with Gasteiger partial charge < -0.3 is 10.1 Å². The zero-order valence-electron chi connectivity index (χ0n) is 12.5. The van der Waals surface area contributed by atoms with Crippen molar-refractivity contribution in [1.82, 2.24) is 14.8 Å². The lowest BCUT2D eigenvalue weighted by Gasteiger charge is -2.13. The number of hydrogen-bond donors (Lipinski definition) is 1. The Kier molecular flexibility index (Phi) is 4.97. The number of thiazole rings is 1. The summed E-state index contributed by atoms with van der Waals surface area (Å²) in [5.41, 5.74) is 1.38. The van der Waals surface area contributed by atoms with E-state index in [1.807, 2.05) is 6.92 Å². The third-order valence-corrected chi connectivity index (χ3v) is 4.96. The van der Waals surface area contributed by atoms with Gasteiger partial charge in [-0.15, -0.1) is 0 Å². The molecule has 2 heterocycles. The maximum atomic E-state index is 12.3. The fraction of sp³-hybridized carbons (Fsp3) is 0.385. The molecule has 0 bridgehead atoms. The SMILES string of the molecule is COC(=O)c1sc(NC(=O)[C@@H](C)n2ncc(Br)c2C)nc1C. The van der Waals surface area contributed by atoms with Gasteiger partial charge in [0.1, 0.15) is 10.9 Å². The van der Waals surface area contributed by atoms with Crippen LogP contribution in [0, 0.1) is 13.8 Å². The van der Waals surface area contributed by atoms with Gasteiger partial charge >= 0.3 is 5.97 Å². The number of aryl methyl sites for hydroxylation is 1. The van der Waals surface area contributed by atoms with Gasteiger partial charge in [0.05, 0.1) is 29.2 Å². The molecule has 22 heavy (non-hydrogen) atoms. The topological polar surface area (TPSA) is 86.1 Å². The Morgan fingerprint density at radius 2 is 2.14 bits per heavy atom. The van der Waals surface area contributed by atoms with Gasteiger partial charge in [0.25, 0.3) is 5.91 Å². The van der Waals surface area contributed by atoms with Gasteiger partial charge in [0, 0.05) is 0 Å². The lowest BCUT2D eigenvalue weighted by molar-refractivity contribution is -0.119. The normalized spacial score (nSPS) is 12.0. The maximum Gasteiger partial charge on any atom is 0.350 e. The fourth-order valence-electron chi connectivity index (χ4n) is 1.85. The smallest absolute Gasteiger partial charge is 0.350 e. The number of amides is 1. The molecule has 7 nitrogen and oxygen atoms in total. The first-order chi connectivity index (χ1) is 10.3. The molecule has 2 aromatic heterocycles. The van der Waals surface area contributed by atoms with Crippen molar-refractivity contribution in [3.63, 3.8) is 0 Å². The van der Waals surface area contributed by atoms with Crippen LogP contribution in [-0.2, 0) is 9.53 Å². The first-order valence-corrected chi connectivity index (χ1v) is 8.02. The molecule has 0 fully saturated rings. The summed E-state index contributed by atoms with van der Waals surface area (Å²) < 4.78 is 7.12. The van der Waals surface area contributed by atoms with Crippen LogP contribution in [-0.4, -0.2) is 33.8 Å². The number of halogens is 1. The van der Waals surface area contributed by atoms with Crippen molar-refractivity contribution < 1.29 is 14.3 Å². The molecule has 0 aromatic carbocycles. The lowest BCUT2D eigenvalue weighted by Crippen LogP contribution is -2.25. The molecule has 0 aliphatic rings. The number of carbonyl (C=O) groups is 2. The molecular formula is C13H15BrN4O3S. The standard InChI is InChI=1S/C13H15BrN4O3S/c1-6-10(12(20)21-4)22-13(16-6)17-11(19)8(3)18-7(2)9(14)5-15-18/h5,8H,1-4H3,(H,16,17,19)/t8-/m1/s1. The fourth-order valence-corrected chi connectivity index (χ4v) is 3.01. The van der Waals surface area contributed by atoms with Crippen LogP contribution in [0.15, 0.2) is 10.7 Å². The van der Waals surface area contributed by atoms with E-state index < -0.39 is 12.0 Å². The average Bonchev–Trinajstić information content (AvgIpc) is 3.01. The van der Waals surface area contributed by atoms with E-state index in [0.29, 0.717) is 15.7 Å². The number of carbonyl (C=O) groups excluding carboxylic acids is 2. The Bertz CT molecular complexity index is 725. The summed E-state index contributed by atoms with van der Waals surface area (Å²) in [7, 11) is 1.31. The van der Waals surface area contributed by atoms with Gasteiger partial charge in [-0.3, -0.25) is 9.48 Å². The molecular weight excluding hydrogens is 372 g/mol. The summed E-state index contributed by atoms with van der Waals surface area (Å²) >= 11 is 4.45. The Labute approximate surface area is 139 Å². The predicted octanol–water partition coefficient (Wildman–Crippen LogP) is 2.71. The van der Waals surface area contributed by atoms with Gasteiger partial charge in [-0.1, -0.05) is 11.3 Å². The van der Waals surface area contributed by atoms with Gasteiger partial charge in [-0.25, -0.2) is 9.78 Å². The highest BCUT2D eigenvalue weighted by molar-refractivity contribution is 9.10. The Morgan fingerprint density at radius 3 is 2.68 bits per heavy atom. The largest absolute Gasteiger partial charge is 0.465 e. The third-order valence-electron chi connectivity index (χ3n) is 3.13. The first-order valence-electron chi connectivity index (χ1n) is 6.41. The van der Waals surface area contributed by atoms with Crippen molar-refractivity contribution >= 4 is 44.3 Å². The molecule has 118 valence electrons. The monoisotopic (exact) mass is 386 g/mol. The molecule has 1 N–H and O–H groups in total. The van der Waals surface area contributed by atoms with Crippen molar-refractivity contribution in [2.75, 3.05) is 12.4 Å². The first kappa shape index (κ1) is 16.6. The van der Waals surface area contributed by atoms with E-state index in [2.05, 4.69) is 36.1 Å². The Hall–Kier alpha value is -1.74. The summed E-state index contributed by atoms with van der Waals surface area (Å²) in [5, 5.41) is 7.22. The van der Waals surface area contributed by atoms with E-state index in [1.54, 1.807) is 24.7 Å². The number of hydrogen-bond acceptors (Lipinski definition) is 6. The zero-order valence-corrected chi connectivity index (χ0v) is 14.9. The van der Waals surface area contributed by atoms with Crippen molar-refractivity contribution in [2.45, 2.75) is 26.8 Å². The number of aromatic nitrogens is 3. The minimum atomic E-state index is -0.503. The second-order valence-electron chi connectivity index (χ2n) is 4.61. The maximum absolute atomic E-state index is 12.3. The van der Waals surface area contributed by atoms with Crippen molar-refractivity contribution in [3.8, 4) is 0 Å². The summed E-state index contributed by atoms with van der Waals surface area (Å²) in [6.45, 7) is 5.30. The van der Waals surface area contributed by atoms with Gasteiger partial charge in [0.2, 0.25) is 0 Å². The summed E-state index contributed by atoms with van der Waals surface area (Å²) in [6, 6.07) is -0.503. The van der Waals surface area contributed by atoms with Gasteiger partial charge in [-0.05, 0) is 36.7 Å².